The lowest BCUT2D eigenvalue weighted by molar-refractivity contribution is -0.116. The molecule has 0 aliphatic rings. The average molecular weight is 599 g/mol. The predicted octanol–water partition coefficient (Wildman–Crippen LogP) is 8.86. The molecule has 0 saturated heterocycles. The molecule has 2 aromatic rings. The highest BCUT2D eigenvalue weighted by Gasteiger charge is 2.05. The number of hydrogen-bond donors (Lipinski definition) is 3. The molecule has 44 heavy (non-hydrogen) atoms. The Morgan fingerprint density at radius 1 is 0.727 bits per heavy atom. The summed E-state index contributed by atoms with van der Waals surface area (Å²) in [5.41, 5.74) is 7.14. The molecule has 0 aliphatic carbocycles. The maximum Gasteiger partial charge on any atom is 0.337 e. The molecule has 2 aromatic carbocycles. The van der Waals surface area contributed by atoms with Crippen molar-refractivity contribution in [3.63, 3.8) is 0 Å². The summed E-state index contributed by atoms with van der Waals surface area (Å²) in [6.07, 6.45) is 32.6. The van der Waals surface area contributed by atoms with Gasteiger partial charge < -0.3 is 20.9 Å². The van der Waals surface area contributed by atoms with Gasteiger partial charge in [-0.2, -0.15) is 0 Å². The Morgan fingerprint density at radius 2 is 1.23 bits per heavy atom. The Balaban J connectivity index is 0.000000733. The number of nitrogen functional groups attached to an aromatic ring is 1. The van der Waals surface area contributed by atoms with Crippen LogP contribution in [0.5, 0.6) is 0 Å². The lowest BCUT2D eigenvalue weighted by atomic mass is 10.2. The molecule has 7 heteroatoms. The highest BCUT2D eigenvalue weighted by atomic mass is 16.5. The number of amides is 1. The van der Waals surface area contributed by atoms with Gasteiger partial charge >= 0.3 is 11.9 Å². The van der Waals surface area contributed by atoms with Crippen molar-refractivity contribution in [2.75, 3.05) is 18.2 Å². The van der Waals surface area contributed by atoms with Crippen LogP contribution in [0.1, 0.15) is 79.0 Å². The van der Waals surface area contributed by atoms with Gasteiger partial charge in [-0.3, -0.25) is 4.79 Å². The number of aromatic carboxylic acids is 1. The van der Waals surface area contributed by atoms with Crippen molar-refractivity contribution in [3.05, 3.63) is 133 Å². The van der Waals surface area contributed by atoms with E-state index >= 15 is 0 Å². The van der Waals surface area contributed by atoms with E-state index in [9.17, 15) is 14.4 Å². The minimum Gasteiger partial charge on any atom is -0.478 e. The smallest absolute Gasteiger partial charge is 0.337 e. The van der Waals surface area contributed by atoms with Crippen LogP contribution in [0.25, 0.3) is 0 Å². The fourth-order valence-corrected chi connectivity index (χ4v) is 3.59. The van der Waals surface area contributed by atoms with Crippen molar-refractivity contribution in [2.24, 2.45) is 0 Å². The van der Waals surface area contributed by atoms with E-state index in [-0.39, 0.29) is 17.4 Å². The second-order valence-electron chi connectivity index (χ2n) is 9.51. The topological polar surface area (TPSA) is 119 Å². The van der Waals surface area contributed by atoms with Gasteiger partial charge in [-0.05, 0) is 81.3 Å². The van der Waals surface area contributed by atoms with Crippen LogP contribution in [-0.4, -0.2) is 30.1 Å². The molecule has 0 unspecified atom stereocenters. The largest absolute Gasteiger partial charge is 0.478 e. The number of carbonyl (C=O) groups is 3. The van der Waals surface area contributed by atoms with Crippen LogP contribution < -0.4 is 11.1 Å². The van der Waals surface area contributed by atoms with E-state index < -0.39 is 5.97 Å². The van der Waals surface area contributed by atoms with Crippen LogP contribution in [0.15, 0.2) is 121 Å². The standard InChI is InChI=1S/C29H37NO3.C8H9NO2/c1-2-3-4-5-6-7-8-9-10-11-12-13-14-15-16-17-18-19-20-24-28(31)30-27-23-21-22-26(25-27)29(32)33;1-11-8(10)6-3-2-4-7(9)5-6/h3-4,6-7,9-10,12-13,15-16,18-19,21-23,25H,2,5,8,11,14,17,20,24H2,1H3,(H,30,31)(H,32,33);2-5H,9H2,1H3/b4-3-,7-6-,10-9-,13-12-,16-15-,19-18-;. The van der Waals surface area contributed by atoms with Gasteiger partial charge in [-0.25, -0.2) is 9.59 Å². The molecule has 0 radical (unpaired) electrons. The van der Waals surface area contributed by atoms with Crippen LogP contribution in [-0.2, 0) is 9.53 Å². The van der Waals surface area contributed by atoms with Crippen LogP contribution in [0.2, 0.25) is 0 Å². The molecule has 0 heterocycles. The van der Waals surface area contributed by atoms with E-state index in [1.54, 1.807) is 36.4 Å². The summed E-state index contributed by atoms with van der Waals surface area (Å²) in [6, 6.07) is 12.9. The first-order chi connectivity index (χ1) is 21.4. The lowest BCUT2D eigenvalue weighted by Crippen LogP contribution is -2.11. The molecule has 0 spiro atoms. The zero-order valence-corrected chi connectivity index (χ0v) is 25.9. The van der Waals surface area contributed by atoms with E-state index in [1.807, 2.05) is 12.2 Å². The number of nitrogens with two attached hydrogens (primary N) is 1. The molecule has 0 aliphatic heterocycles. The number of carboxylic acid groups (broad SMARTS) is 1. The number of nitrogens with one attached hydrogen (secondary N) is 1. The third kappa shape index (κ3) is 19.3. The normalized spacial score (nSPS) is 11.6. The zero-order valence-electron chi connectivity index (χ0n) is 25.9. The number of rotatable bonds is 17. The predicted molar refractivity (Wildman–Crippen MR) is 182 cm³/mol. The van der Waals surface area contributed by atoms with Gasteiger partial charge in [-0.15, -0.1) is 0 Å². The Bertz CT molecular complexity index is 1320. The maximum atomic E-state index is 12.0. The Labute approximate surface area is 262 Å². The number of carbonyl (C=O) groups excluding carboxylic acids is 2. The summed E-state index contributed by atoms with van der Waals surface area (Å²) in [6.45, 7) is 2.14. The minimum absolute atomic E-state index is 0.128. The SMILES string of the molecule is CC/C=C\C/C=C\C/C=C\C/C=C\C/C=C\C/C=C\CCC(=O)Nc1cccc(C(=O)O)c1.COC(=O)c1cccc(N)c1. The van der Waals surface area contributed by atoms with Crippen molar-refractivity contribution in [3.8, 4) is 0 Å². The van der Waals surface area contributed by atoms with E-state index in [0.717, 1.165) is 38.5 Å². The fourth-order valence-electron chi connectivity index (χ4n) is 3.59. The summed E-state index contributed by atoms with van der Waals surface area (Å²) in [5, 5.41) is 11.7. The Hall–Kier alpha value is -4.91. The van der Waals surface area contributed by atoms with E-state index in [2.05, 4.69) is 77.7 Å². The highest BCUT2D eigenvalue weighted by Crippen LogP contribution is 2.11. The quantitative estimate of drug-likeness (QED) is 0.0951. The molecule has 1 amide bonds. The summed E-state index contributed by atoms with van der Waals surface area (Å²) >= 11 is 0. The third-order valence-electron chi connectivity index (χ3n) is 5.84. The first kappa shape index (κ1) is 37.1. The van der Waals surface area contributed by atoms with Crippen LogP contribution in [0, 0.1) is 0 Å². The van der Waals surface area contributed by atoms with Crippen LogP contribution >= 0.6 is 0 Å². The van der Waals surface area contributed by atoms with Crippen molar-refractivity contribution in [1.29, 1.82) is 0 Å². The summed E-state index contributed by atoms with van der Waals surface area (Å²) in [4.78, 5) is 33.8. The molecule has 0 atom stereocenters. The molecular weight excluding hydrogens is 552 g/mol. The highest BCUT2D eigenvalue weighted by molar-refractivity contribution is 5.94. The molecule has 0 saturated carbocycles. The number of esters is 1. The number of carboxylic acids is 1. The third-order valence-corrected chi connectivity index (χ3v) is 5.84. The van der Waals surface area contributed by atoms with E-state index in [4.69, 9.17) is 10.8 Å². The van der Waals surface area contributed by atoms with Crippen molar-refractivity contribution in [2.45, 2.75) is 58.3 Å². The number of ether oxygens (including phenoxy) is 1. The monoisotopic (exact) mass is 598 g/mol. The Morgan fingerprint density at radius 3 is 1.73 bits per heavy atom. The number of allylic oxidation sites excluding steroid dienone is 12. The van der Waals surface area contributed by atoms with Gasteiger partial charge in [0.05, 0.1) is 18.2 Å². The van der Waals surface area contributed by atoms with Crippen molar-refractivity contribution >= 4 is 29.2 Å². The average Bonchev–Trinajstić information content (AvgIpc) is 3.02. The number of anilines is 2. The second-order valence-corrected chi connectivity index (χ2v) is 9.51. The molecule has 234 valence electrons. The first-order valence-electron chi connectivity index (χ1n) is 14.8. The molecular formula is C37H46N2O5. The maximum absolute atomic E-state index is 12.0. The summed E-state index contributed by atoms with van der Waals surface area (Å²) in [7, 11) is 1.34. The van der Waals surface area contributed by atoms with E-state index in [1.165, 1.54) is 19.2 Å². The lowest BCUT2D eigenvalue weighted by Gasteiger charge is -2.04. The van der Waals surface area contributed by atoms with Gasteiger partial charge in [-0.1, -0.05) is 92.0 Å². The van der Waals surface area contributed by atoms with Crippen molar-refractivity contribution < 1.29 is 24.2 Å². The number of benzene rings is 2. The fraction of sp³-hybridized carbons (Fsp3) is 0.270. The van der Waals surface area contributed by atoms with Gasteiger partial charge in [0.25, 0.3) is 0 Å². The molecule has 7 nitrogen and oxygen atoms in total. The second kappa shape index (κ2) is 24.7. The molecule has 2 rings (SSSR count). The van der Waals surface area contributed by atoms with E-state index in [0.29, 0.717) is 29.8 Å². The molecule has 0 aromatic heterocycles. The molecule has 0 bridgehead atoms. The zero-order chi connectivity index (χ0) is 32.3. The number of hydrogen-bond acceptors (Lipinski definition) is 5. The van der Waals surface area contributed by atoms with Crippen LogP contribution in [0.3, 0.4) is 0 Å². The summed E-state index contributed by atoms with van der Waals surface area (Å²) < 4.78 is 4.50. The molecule has 0 fully saturated rings. The summed E-state index contributed by atoms with van der Waals surface area (Å²) in [5.74, 6) is -1.50. The minimum atomic E-state index is -1.01. The van der Waals surface area contributed by atoms with Gasteiger partial charge in [0.1, 0.15) is 0 Å². The van der Waals surface area contributed by atoms with Crippen molar-refractivity contribution in [1.82, 2.24) is 0 Å². The Kier molecular flexibility index (Phi) is 20.8. The first-order valence-corrected chi connectivity index (χ1v) is 14.8. The van der Waals surface area contributed by atoms with Gasteiger partial charge in [0.15, 0.2) is 0 Å². The van der Waals surface area contributed by atoms with Gasteiger partial charge in [0, 0.05) is 17.8 Å². The number of methoxy groups -OCH3 is 1. The molecule has 4 N–H and O–H groups in total. The van der Waals surface area contributed by atoms with Gasteiger partial charge in [0.2, 0.25) is 5.91 Å². The van der Waals surface area contributed by atoms with Crippen LogP contribution in [0.4, 0.5) is 11.4 Å².